The first-order chi connectivity index (χ1) is 15.9. The predicted molar refractivity (Wildman–Crippen MR) is 119 cm³/mol. The van der Waals surface area contributed by atoms with Gasteiger partial charge in [-0.2, -0.15) is 13.2 Å². The van der Waals surface area contributed by atoms with E-state index in [-0.39, 0.29) is 11.5 Å². The van der Waals surface area contributed by atoms with Crippen LogP contribution in [0.1, 0.15) is 41.9 Å². The van der Waals surface area contributed by atoms with Crippen LogP contribution in [0.4, 0.5) is 24.7 Å². The number of fused-ring (bicyclic) bond motifs is 3. The van der Waals surface area contributed by atoms with Crippen molar-refractivity contribution in [1.29, 1.82) is 0 Å². The van der Waals surface area contributed by atoms with Gasteiger partial charge in [0, 0.05) is 24.2 Å². The van der Waals surface area contributed by atoms with Crippen molar-refractivity contribution in [3.05, 3.63) is 59.9 Å². The Morgan fingerprint density at radius 1 is 0.970 bits per heavy atom. The molecule has 3 heterocycles. The van der Waals surface area contributed by atoms with Crippen molar-refractivity contribution in [3.63, 3.8) is 0 Å². The maximum Gasteiger partial charge on any atom is 0.416 e. The summed E-state index contributed by atoms with van der Waals surface area (Å²) in [4.78, 5) is 24.1. The minimum atomic E-state index is -4.51. The number of alkyl halides is 3. The summed E-state index contributed by atoms with van der Waals surface area (Å²) in [7, 11) is 0. The van der Waals surface area contributed by atoms with Crippen LogP contribution < -0.4 is 10.2 Å². The molecule has 4 aromatic rings. The molecule has 170 valence electrons. The van der Waals surface area contributed by atoms with Crippen molar-refractivity contribution in [2.24, 2.45) is 0 Å². The number of hydrogen-bond acceptors (Lipinski definition) is 5. The molecule has 1 aliphatic heterocycles. The second kappa shape index (κ2) is 8.38. The molecule has 1 fully saturated rings. The van der Waals surface area contributed by atoms with E-state index in [2.05, 4.69) is 20.2 Å². The number of furan rings is 1. The number of nitrogens with one attached hydrogen (secondary N) is 1. The summed E-state index contributed by atoms with van der Waals surface area (Å²) >= 11 is 0. The zero-order valence-electron chi connectivity index (χ0n) is 17.7. The van der Waals surface area contributed by atoms with Crippen LogP contribution in [0.25, 0.3) is 22.1 Å². The lowest BCUT2D eigenvalue weighted by atomic mass is 10.2. The number of nitrogens with zero attached hydrogens (tertiary/aromatic N) is 3. The molecule has 9 heteroatoms. The summed E-state index contributed by atoms with van der Waals surface area (Å²) in [6, 6.07) is 11.9. The van der Waals surface area contributed by atoms with Gasteiger partial charge in [-0.15, -0.1) is 0 Å². The Labute approximate surface area is 187 Å². The number of rotatable bonds is 3. The SMILES string of the molecule is O=C(Nc1cccc(C(F)(F)F)c1)c1nc(N2CCCCCC2)c2oc3ccccc3c2n1. The molecule has 5 rings (SSSR count). The highest BCUT2D eigenvalue weighted by Crippen LogP contribution is 2.34. The molecule has 0 aliphatic carbocycles. The monoisotopic (exact) mass is 454 g/mol. The van der Waals surface area contributed by atoms with Crippen molar-refractivity contribution < 1.29 is 22.4 Å². The molecule has 33 heavy (non-hydrogen) atoms. The summed E-state index contributed by atoms with van der Waals surface area (Å²) in [5, 5.41) is 3.25. The number of halogens is 3. The van der Waals surface area contributed by atoms with Gasteiger partial charge in [0.2, 0.25) is 5.82 Å². The molecule has 0 unspecified atom stereocenters. The van der Waals surface area contributed by atoms with Gasteiger partial charge in [-0.3, -0.25) is 4.79 Å². The van der Waals surface area contributed by atoms with Gasteiger partial charge in [0.25, 0.3) is 5.91 Å². The van der Waals surface area contributed by atoms with E-state index in [1.807, 2.05) is 24.3 Å². The van der Waals surface area contributed by atoms with Gasteiger partial charge >= 0.3 is 6.18 Å². The van der Waals surface area contributed by atoms with Gasteiger partial charge in [-0.25, -0.2) is 9.97 Å². The molecule has 0 saturated carbocycles. The highest BCUT2D eigenvalue weighted by Gasteiger charge is 2.31. The fourth-order valence-corrected chi connectivity index (χ4v) is 4.14. The van der Waals surface area contributed by atoms with E-state index in [1.165, 1.54) is 12.1 Å². The average Bonchev–Trinajstić information content (AvgIpc) is 2.97. The van der Waals surface area contributed by atoms with Crippen LogP contribution in [-0.2, 0) is 6.18 Å². The van der Waals surface area contributed by atoms with Gasteiger partial charge < -0.3 is 14.6 Å². The fourth-order valence-electron chi connectivity index (χ4n) is 4.14. The Balaban J connectivity index is 1.57. The van der Waals surface area contributed by atoms with E-state index >= 15 is 0 Å². The maximum atomic E-state index is 13.1. The Morgan fingerprint density at radius 3 is 2.48 bits per heavy atom. The standard InChI is InChI=1S/C24H21F3N4O2/c25-24(26,27)15-8-7-9-16(14-15)28-23(32)21-29-19-17-10-3-4-11-18(17)33-20(19)22(30-21)31-12-5-1-2-6-13-31/h3-4,7-11,14H,1-2,5-6,12-13H2,(H,28,32). The number of para-hydroxylation sites is 1. The highest BCUT2D eigenvalue weighted by atomic mass is 19.4. The minimum Gasteiger partial charge on any atom is -0.450 e. The Bertz CT molecular complexity index is 1320. The first-order valence-corrected chi connectivity index (χ1v) is 10.8. The summed E-state index contributed by atoms with van der Waals surface area (Å²) in [5.41, 5.74) is 0.825. The quantitative estimate of drug-likeness (QED) is 0.409. The zero-order chi connectivity index (χ0) is 23.0. The van der Waals surface area contributed by atoms with E-state index in [1.54, 1.807) is 0 Å². The van der Waals surface area contributed by atoms with Crippen LogP contribution in [0, 0.1) is 0 Å². The lowest BCUT2D eigenvalue weighted by Gasteiger charge is -2.21. The molecule has 0 spiro atoms. The van der Waals surface area contributed by atoms with Crippen molar-refractivity contribution in [2.75, 3.05) is 23.3 Å². The first-order valence-electron chi connectivity index (χ1n) is 10.8. The summed E-state index contributed by atoms with van der Waals surface area (Å²) < 4.78 is 45.2. The van der Waals surface area contributed by atoms with E-state index in [4.69, 9.17) is 4.42 Å². The van der Waals surface area contributed by atoms with E-state index < -0.39 is 17.6 Å². The van der Waals surface area contributed by atoms with Crippen LogP contribution in [0.3, 0.4) is 0 Å². The summed E-state index contributed by atoms with van der Waals surface area (Å²) in [5.74, 6) is -0.268. The van der Waals surface area contributed by atoms with E-state index in [0.717, 1.165) is 56.3 Å². The molecule has 2 aromatic carbocycles. The predicted octanol–water partition coefficient (Wildman–Crippen LogP) is 6.03. The second-order valence-corrected chi connectivity index (χ2v) is 8.08. The molecule has 0 radical (unpaired) electrons. The highest BCUT2D eigenvalue weighted by molar-refractivity contribution is 6.09. The number of carbonyl (C=O) groups is 1. The largest absolute Gasteiger partial charge is 0.450 e. The Morgan fingerprint density at radius 2 is 1.73 bits per heavy atom. The molecular weight excluding hydrogens is 433 g/mol. The van der Waals surface area contributed by atoms with Gasteiger partial charge in [0.1, 0.15) is 11.1 Å². The van der Waals surface area contributed by atoms with Crippen LogP contribution >= 0.6 is 0 Å². The number of carbonyl (C=O) groups excluding carboxylic acids is 1. The number of aromatic nitrogens is 2. The van der Waals surface area contributed by atoms with Gasteiger partial charge in [0.15, 0.2) is 11.4 Å². The van der Waals surface area contributed by atoms with Gasteiger partial charge in [-0.1, -0.05) is 31.0 Å². The number of benzene rings is 2. The van der Waals surface area contributed by atoms with Crippen molar-refractivity contribution in [3.8, 4) is 0 Å². The zero-order valence-corrected chi connectivity index (χ0v) is 17.7. The topological polar surface area (TPSA) is 71.3 Å². The summed E-state index contributed by atoms with van der Waals surface area (Å²) in [6.45, 7) is 1.55. The van der Waals surface area contributed by atoms with Gasteiger partial charge in [0.05, 0.1) is 5.56 Å². The lowest BCUT2D eigenvalue weighted by Crippen LogP contribution is -2.26. The molecule has 1 aliphatic rings. The molecule has 1 N–H and O–H groups in total. The van der Waals surface area contributed by atoms with E-state index in [0.29, 0.717) is 22.5 Å². The second-order valence-electron chi connectivity index (χ2n) is 8.08. The third-order valence-corrected chi connectivity index (χ3v) is 5.76. The molecular formula is C24H21F3N4O2. The summed E-state index contributed by atoms with van der Waals surface area (Å²) in [6.07, 6.45) is -0.276. The fraction of sp³-hybridized carbons (Fsp3) is 0.292. The van der Waals surface area contributed by atoms with E-state index in [9.17, 15) is 18.0 Å². The molecule has 1 saturated heterocycles. The van der Waals surface area contributed by atoms with Crippen molar-refractivity contribution in [1.82, 2.24) is 9.97 Å². The van der Waals surface area contributed by atoms with Crippen molar-refractivity contribution in [2.45, 2.75) is 31.9 Å². The van der Waals surface area contributed by atoms with Crippen LogP contribution in [0.2, 0.25) is 0 Å². The van der Waals surface area contributed by atoms with Crippen LogP contribution in [0.15, 0.2) is 52.9 Å². The molecule has 0 bridgehead atoms. The van der Waals surface area contributed by atoms with Gasteiger partial charge in [-0.05, 0) is 43.2 Å². The smallest absolute Gasteiger partial charge is 0.416 e. The minimum absolute atomic E-state index is 0.0203. The third-order valence-electron chi connectivity index (χ3n) is 5.76. The third kappa shape index (κ3) is 4.22. The Kier molecular flexibility index (Phi) is 5.39. The molecule has 2 aromatic heterocycles. The lowest BCUT2D eigenvalue weighted by molar-refractivity contribution is -0.137. The number of amides is 1. The van der Waals surface area contributed by atoms with Crippen molar-refractivity contribution >= 4 is 39.5 Å². The maximum absolute atomic E-state index is 13.1. The number of anilines is 2. The van der Waals surface area contributed by atoms with Crippen LogP contribution in [0.5, 0.6) is 0 Å². The average molecular weight is 454 g/mol. The van der Waals surface area contributed by atoms with Crippen LogP contribution in [-0.4, -0.2) is 29.0 Å². The normalized spacial score (nSPS) is 15.1. The molecule has 1 amide bonds. The molecule has 0 atom stereocenters. The number of hydrogen-bond donors (Lipinski definition) is 1. The molecule has 6 nitrogen and oxygen atoms in total. The first kappa shape index (κ1) is 21.2. The Hall–Kier alpha value is -3.62.